The molecule has 3 nitrogen and oxygen atoms in total. The third-order valence-electron chi connectivity index (χ3n) is 2.00. The molecule has 0 saturated carbocycles. The number of halogens is 1. The van der Waals surface area contributed by atoms with E-state index in [1.165, 1.54) is 0 Å². The van der Waals surface area contributed by atoms with Gasteiger partial charge in [0.1, 0.15) is 0 Å². The van der Waals surface area contributed by atoms with Crippen LogP contribution in [0.2, 0.25) is 0 Å². The fourth-order valence-electron chi connectivity index (χ4n) is 1.37. The van der Waals surface area contributed by atoms with Gasteiger partial charge in [-0.1, -0.05) is 12.1 Å². The Morgan fingerprint density at radius 1 is 1.57 bits per heavy atom. The van der Waals surface area contributed by atoms with Gasteiger partial charge in [-0.2, -0.15) is 0 Å². The molecule has 1 rings (SSSR count). The van der Waals surface area contributed by atoms with E-state index in [1.807, 2.05) is 25.1 Å². The largest absolute Gasteiger partial charge is 0.396 e. The standard InChI is InChI=1S/C10H12INO2/c1-7-3-2-4-9(12-10(11)14)8(7)5-6-13/h2-4,13H,5-6H2,1H3,(H,12,14). The zero-order chi connectivity index (χ0) is 10.6. The first-order valence-corrected chi connectivity index (χ1v) is 5.39. The Morgan fingerprint density at radius 2 is 2.29 bits per heavy atom. The Labute approximate surface area is 96.7 Å². The van der Waals surface area contributed by atoms with Crippen molar-refractivity contribution >= 4 is 32.2 Å². The number of aliphatic hydroxyl groups excluding tert-OH is 1. The van der Waals surface area contributed by atoms with Gasteiger partial charge in [0.2, 0.25) is 0 Å². The van der Waals surface area contributed by atoms with E-state index in [4.69, 9.17) is 5.11 Å². The van der Waals surface area contributed by atoms with E-state index in [2.05, 4.69) is 5.32 Å². The van der Waals surface area contributed by atoms with Gasteiger partial charge in [0.15, 0.2) is 0 Å². The molecule has 76 valence electrons. The summed E-state index contributed by atoms with van der Waals surface area (Å²) >= 11 is 1.69. The van der Waals surface area contributed by atoms with Gasteiger partial charge >= 0.3 is 0 Å². The number of anilines is 1. The highest BCUT2D eigenvalue weighted by atomic mass is 127. The van der Waals surface area contributed by atoms with Crippen LogP contribution in [0.5, 0.6) is 0 Å². The summed E-state index contributed by atoms with van der Waals surface area (Å²) in [6.45, 7) is 2.06. The van der Waals surface area contributed by atoms with Crippen molar-refractivity contribution in [3.05, 3.63) is 29.3 Å². The van der Waals surface area contributed by atoms with Gasteiger partial charge < -0.3 is 10.4 Å². The van der Waals surface area contributed by atoms with Crippen molar-refractivity contribution in [3.8, 4) is 0 Å². The summed E-state index contributed by atoms with van der Waals surface area (Å²) in [4.78, 5) is 10.9. The molecule has 0 spiro atoms. The smallest absolute Gasteiger partial charge is 0.284 e. The van der Waals surface area contributed by atoms with Crippen molar-refractivity contribution in [2.24, 2.45) is 0 Å². The molecule has 0 fully saturated rings. The van der Waals surface area contributed by atoms with Crippen LogP contribution in [0.1, 0.15) is 11.1 Å². The first kappa shape index (κ1) is 11.5. The second-order valence-electron chi connectivity index (χ2n) is 2.97. The van der Waals surface area contributed by atoms with Crippen molar-refractivity contribution in [2.75, 3.05) is 11.9 Å². The third kappa shape index (κ3) is 2.95. The molecule has 0 radical (unpaired) electrons. The lowest BCUT2D eigenvalue weighted by Crippen LogP contribution is -2.06. The Hall–Kier alpha value is -0.620. The molecule has 0 saturated heterocycles. The number of carbonyl (C=O) groups excluding carboxylic acids is 1. The fourth-order valence-corrected chi connectivity index (χ4v) is 1.66. The molecular weight excluding hydrogens is 293 g/mol. The number of aryl methyl sites for hydroxylation is 1. The zero-order valence-corrected chi connectivity index (χ0v) is 10.0. The van der Waals surface area contributed by atoms with E-state index in [9.17, 15) is 4.79 Å². The number of rotatable bonds is 3. The molecule has 14 heavy (non-hydrogen) atoms. The summed E-state index contributed by atoms with van der Waals surface area (Å²) in [6.07, 6.45) is 0.568. The molecule has 0 aliphatic rings. The summed E-state index contributed by atoms with van der Waals surface area (Å²) < 4.78 is -0.118. The first-order valence-electron chi connectivity index (χ1n) is 4.31. The van der Waals surface area contributed by atoms with Crippen LogP contribution in [0.3, 0.4) is 0 Å². The van der Waals surface area contributed by atoms with Gasteiger partial charge in [0, 0.05) is 34.9 Å². The van der Waals surface area contributed by atoms with Crippen molar-refractivity contribution in [1.29, 1.82) is 0 Å². The maximum absolute atomic E-state index is 10.9. The second-order valence-corrected chi connectivity index (χ2v) is 3.95. The normalized spacial score (nSPS) is 9.93. The average molecular weight is 305 g/mol. The van der Waals surface area contributed by atoms with Crippen molar-refractivity contribution in [1.82, 2.24) is 0 Å². The van der Waals surface area contributed by atoms with Crippen LogP contribution in [0, 0.1) is 6.92 Å². The maximum Gasteiger partial charge on any atom is 0.284 e. The fraction of sp³-hybridized carbons (Fsp3) is 0.300. The molecule has 0 unspecified atom stereocenters. The lowest BCUT2D eigenvalue weighted by molar-refractivity contribution is 0.271. The highest BCUT2D eigenvalue weighted by Gasteiger charge is 2.06. The second kappa shape index (κ2) is 5.31. The highest BCUT2D eigenvalue weighted by Crippen LogP contribution is 2.20. The molecule has 0 atom stereocenters. The van der Waals surface area contributed by atoms with Crippen LogP contribution in [-0.4, -0.2) is 15.6 Å². The lowest BCUT2D eigenvalue weighted by Gasteiger charge is -2.10. The van der Waals surface area contributed by atoms with Crippen LogP contribution >= 0.6 is 22.6 Å². The van der Waals surface area contributed by atoms with Crippen LogP contribution in [-0.2, 0) is 6.42 Å². The summed E-state index contributed by atoms with van der Waals surface area (Å²) in [6, 6.07) is 5.69. The molecule has 1 amide bonds. The quantitative estimate of drug-likeness (QED) is 0.512. The number of hydrogen-bond acceptors (Lipinski definition) is 2. The number of amides is 1. The molecule has 0 bridgehead atoms. The van der Waals surface area contributed by atoms with Gasteiger partial charge in [0.25, 0.3) is 3.91 Å². The SMILES string of the molecule is Cc1cccc(NC(=O)I)c1CCO. The van der Waals surface area contributed by atoms with Gasteiger partial charge in [-0.05, 0) is 30.5 Å². The minimum Gasteiger partial charge on any atom is -0.396 e. The van der Waals surface area contributed by atoms with E-state index >= 15 is 0 Å². The predicted octanol–water partition coefficient (Wildman–Crippen LogP) is 2.50. The maximum atomic E-state index is 10.9. The van der Waals surface area contributed by atoms with E-state index in [-0.39, 0.29) is 10.5 Å². The molecule has 0 aliphatic heterocycles. The monoisotopic (exact) mass is 305 g/mol. The molecule has 0 aromatic heterocycles. The Morgan fingerprint density at radius 3 is 2.86 bits per heavy atom. The van der Waals surface area contributed by atoms with E-state index < -0.39 is 0 Å². The third-order valence-corrected chi connectivity index (χ3v) is 2.27. The van der Waals surface area contributed by atoms with Gasteiger partial charge in [-0.25, -0.2) is 0 Å². The molecule has 0 aliphatic carbocycles. The van der Waals surface area contributed by atoms with Crippen LogP contribution in [0.25, 0.3) is 0 Å². The van der Waals surface area contributed by atoms with E-state index in [0.29, 0.717) is 6.42 Å². The molecule has 1 aromatic rings. The van der Waals surface area contributed by atoms with Crippen molar-refractivity contribution in [3.63, 3.8) is 0 Å². The highest BCUT2D eigenvalue weighted by molar-refractivity contribution is 14.1. The average Bonchev–Trinajstić information content (AvgIpc) is 2.10. The molecule has 0 heterocycles. The van der Waals surface area contributed by atoms with Crippen LogP contribution < -0.4 is 5.32 Å². The Kier molecular flexibility index (Phi) is 4.34. The zero-order valence-electron chi connectivity index (χ0n) is 7.88. The Balaban J connectivity index is 3.01. The summed E-state index contributed by atoms with van der Waals surface area (Å²) in [5.74, 6) is 0. The van der Waals surface area contributed by atoms with E-state index in [1.54, 1.807) is 22.6 Å². The van der Waals surface area contributed by atoms with Gasteiger partial charge in [-0.3, -0.25) is 4.79 Å². The topological polar surface area (TPSA) is 49.3 Å². The van der Waals surface area contributed by atoms with Crippen LogP contribution in [0.4, 0.5) is 10.5 Å². The van der Waals surface area contributed by atoms with E-state index in [0.717, 1.165) is 16.8 Å². The van der Waals surface area contributed by atoms with Gasteiger partial charge in [-0.15, -0.1) is 0 Å². The number of carbonyl (C=O) groups is 1. The molecular formula is C10H12INO2. The Bertz CT molecular complexity index is 339. The number of hydrogen-bond donors (Lipinski definition) is 2. The van der Waals surface area contributed by atoms with Crippen LogP contribution in [0.15, 0.2) is 18.2 Å². The number of benzene rings is 1. The first-order chi connectivity index (χ1) is 6.65. The summed E-state index contributed by atoms with van der Waals surface area (Å²) in [5.41, 5.74) is 2.88. The van der Waals surface area contributed by atoms with Crippen molar-refractivity contribution < 1.29 is 9.90 Å². The summed E-state index contributed by atoms with van der Waals surface area (Å²) in [5, 5.41) is 11.6. The number of aliphatic hydroxyl groups is 1. The lowest BCUT2D eigenvalue weighted by atomic mass is 10.0. The van der Waals surface area contributed by atoms with Gasteiger partial charge in [0.05, 0.1) is 0 Å². The molecule has 4 heteroatoms. The molecule has 2 N–H and O–H groups in total. The summed E-state index contributed by atoms with van der Waals surface area (Å²) in [7, 11) is 0. The number of nitrogens with one attached hydrogen (secondary N) is 1. The minimum absolute atomic E-state index is 0.0922. The molecule has 1 aromatic carbocycles. The minimum atomic E-state index is -0.118. The predicted molar refractivity (Wildman–Crippen MR) is 65.0 cm³/mol. The van der Waals surface area contributed by atoms with Crippen molar-refractivity contribution in [2.45, 2.75) is 13.3 Å².